The molecule has 0 radical (unpaired) electrons. The van der Waals surface area contributed by atoms with E-state index >= 15 is 0 Å². The van der Waals surface area contributed by atoms with Crippen molar-refractivity contribution in [3.8, 4) is 5.75 Å². The van der Waals surface area contributed by atoms with Crippen LogP contribution in [0.15, 0.2) is 35.7 Å². The fourth-order valence-electron chi connectivity index (χ4n) is 2.17. The van der Waals surface area contributed by atoms with Crippen LogP contribution in [-0.4, -0.2) is 26.1 Å². The molecule has 0 saturated heterocycles. The minimum Gasteiger partial charge on any atom is -0.495 e. The second-order valence-electron chi connectivity index (χ2n) is 5.15. The Bertz CT molecular complexity index is 537. The summed E-state index contributed by atoms with van der Waals surface area (Å²) in [6, 6.07) is 10.8. The summed E-state index contributed by atoms with van der Waals surface area (Å²) in [5.41, 5.74) is 2.32. The fourth-order valence-corrected chi connectivity index (χ4v) is 2.91. The molecular formula is C16H22N2OS. The van der Waals surface area contributed by atoms with Crippen LogP contribution in [0.3, 0.4) is 0 Å². The number of thiophene rings is 1. The Morgan fingerprint density at radius 2 is 2.10 bits per heavy atom. The summed E-state index contributed by atoms with van der Waals surface area (Å²) in [7, 11) is 5.86. The zero-order chi connectivity index (χ0) is 14.5. The number of rotatable bonds is 6. The molecule has 0 aliphatic rings. The van der Waals surface area contributed by atoms with Gasteiger partial charge >= 0.3 is 0 Å². The number of nitrogens with one attached hydrogen (secondary N) is 1. The van der Waals surface area contributed by atoms with Crippen molar-refractivity contribution >= 4 is 17.0 Å². The van der Waals surface area contributed by atoms with E-state index in [-0.39, 0.29) is 6.04 Å². The molecule has 0 saturated carbocycles. The molecule has 1 N–H and O–H groups in total. The van der Waals surface area contributed by atoms with Gasteiger partial charge in [-0.05, 0) is 50.2 Å². The molecule has 0 aliphatic carbocycles. The van der Waals surface area contributed by atoms with Gasteiger partial charge in [-0.15, -0.1) is 11.3 Å². The van der Waals surface area contributed by atoms with Gasteiger partial charge in [0.15, 0.2) is 0 Å². The van der Waals surface area contributed by atoms with Gasteiger partial charge in [0.2, 0.25) is 0 Å². The van der Waals surface area contributed by atoms with E-state index < -0.39 is 0 Å². The van der Waals surface area contributed by atoms with Crippen LogP contribution >= 0.6 is 11.3 Å². The molecule has 0 fully saturated rings. The van der Waals surface area contributed by atoms with Gasteiger partial charge in [0, 0.05) is 11.4 Å². The molecule has 1 heterocycles. The van der Waals surface area contributed by atoms with Gasteiger partial charge in [-0.2, -0.15) is 0 Å². The smallest absolute Gasteiger partial charge is 0.141 e. The molecule has 4 heteroatoms. The maximum absolute atomic E-state index is 5.45. The Balaban J connectivity index is 2.19. The number of hydrogen-bond acceptors (Lipinski definition) is 4. The Morgan fingerprint density at radius 1 is 1.30 bits per heavy atom. The average Bonchev–Trinajstić information content (AvgIpc) is 2.92. The Hall–Kier alpha value is -1.52. The molecule has 1 aromatic heterocycles. The SMILES string of the molecule is COc1ccc(CN(C)C)cc1NC(C)c1cccs1. The number of nitrogens with zero attached hydrogens (tertiary/aromatic N) is 1. The van der Waals surface area contributed by atoms with Crippen molar-refractivity contribution in [1.82, 2.24) is 4.90 Å². The predicted octanol–water partition coefficient (Wildman–Crippen LogP) is 3.99. The highest BCUT2D eigenvalue weighted by Crippen LogP contribution is 2.30. The van der Waals surface area contributed by atoms with E-state index in [0.717, 1.165) is 18.0 Å². The molecule has 0 bridgehead atoms. The molecule has 1 atom stereocenters. The topological polar surface area (TPSA) is 24.5 Å². The molecule has 0 aliphatic heterocycles. The number of ether oxygens (including phenoxy) is 1. The van der Waals surface area contributed by atoms with Gasteiger partial charge in [-0.25, -0.2) is 0 Å². The number of methoxy groups -OCH3 is 1. The van der Waals surface area contributed by atoms with Crippen LogP contribution < -0.4 is 10.1 Å². The first kappa shape index (κ1) is 14.9. The minimum atomic E-state index is 0.276. The van der Waals surface area contributed by atoms with Gasteiger partial charge in [-0.3, -0.25) is 0 Å². The average molecular weight is 290 g/mol. The lowest BCUT2D eigenvalue weighted by Crippen LogP contribution is -2.12. The highest BCUT2D eigenvalue weighted by Gasteiger charge is 2.10. The van der Waals surface area contributed by atoms with Crippen LogP contribution in [0.2, 0.25) is 0 Å². The molecule has 0 spiro atoms. The standard InChI is InChI=1S/C16H22N2OS/c1-12(16-6-5-9-20-16)17-14-10-13(11-18(2)3)7-8-15(14)19-4/h5-10,12,17H,11H2,1-4H3. The number of anilines is 1. The normalized spacial score (nSPS) is 12.4. The lowest BCUT2D eigenvalue weighted by molar-refractivity contribution is 0.400. The Kier molecular flexibility index (Phi) is 5.04. The van der Waals surface area contributed by atoms with E-state index in [4.69, 9.17) is 4.74 Å². The molecule has 20 heavy (non-hydrogen) atoms. The number of benzene rings is 1. The Morgan fingerprint density at radius 3 is 2.70 bits per heavy atom. The molecule has 2 rings (SSSR count). The largest absolute Gasteiger partial charge is 0.495 e. The molecule has 1 unspecified atom stereocenters. The van der Waals surface area contributed by atoms with Crippen molar-refractivity contribution < 1.29 is 4.74 Å². The molecule has 2 aromatic rings. The first-order valence-electron chi connectivity index (χ1n) is 6.71. The predicted molar refractivity (Wildman–Crippen MR) is 86.7 cm³/mol. The van der Waals surface area contributed by atoms with Crippen LogP contribution in [0.4, 0.5) is 5.69 Å². The van der Waals surface area contributed by atoms with Crippen LogP contribution in [-0.2, 0) is 6.54 Å². The van der Waals surface area contributed by atoms with Crippen molar-refractivity contribution in [3.63, 3.8) is 0 Å². The first-order chi connectivity index (χ1) is 9.60. The van der Waals surface area contributed by atoms with Gasteiger partial charge < -0.3 is 15.0 Å². The summed E-state index contributed by atoms with van der Waals surface area (Å²) in [4.78, 5) is 3.49. The maximum atomic E-state index is 5.45. The highest BCUT2D eigenvalue weighted by molar-refractivity contribution is 7.10. The third kappa shape index (κ3) is 3.74. The summed E-state index contributed by atoms with van der Waals surface area (Å²) >= 11 is 1.77. The monoisotopic (exact) mass is 290 g/mol. The highest BCUT2D eigenvalue weighted by atomic mass is 32.1. The summed E-state index contributed by atoms with van der Waals surface area (Å²) in [6.45, 7) is 3.09. The van der Waals surface area contributed by atoms with E-state index in [1.54, 1.807) is 18.4 Å². The molecule has 3 nitrogen and oxygen atoms in total. The van der Waals surface area contributed by atoms with Gasteiger partial charge in [0.1, 0.15) is 5.75 Å². The second kappa shape index (κ2) is 6.77. The van der Waals surface area contributed by atoms with Crippen LogP contribution in [0.25, 0.3) is 0 Å². The van der Waals surface area contributed by atoms with E-state index in [1.165, 1.54) is 10.4 Å². The van der Waals surface area contributed by atoms with Crippen molar-refractivity contribution in [2.45, 2.75) is 19.5 Å². The summed E-state index contributed by atoms with van der Waals surface area (Å²) < 4.78 is 5.45. The lowest BCUT2D eigenvalue weighted by atomic mass is 10.1. The van der Waals surface area contributed by atoms with Crippen molar-refractivity contribution in [3.05, 3.63) is 46.2 Å². The van der Waals surface area contributed by atoms with Crippen molar-refractivity contribution in [2.75, 3.05) is 26.5 Å². The van der Waals surface area contributed by atoms with Crippen LogP contribution in [0.1, 0.15) is 23.4 Å². The van der Waals surface area contributed by atoms with Gasteiger partial charge in [-0.1, -0.05) is 12.1 Å². The van der Waals surface area contributed by atoms with Crippen LogP contribution in [0, 0.1) is 0 Å². The van der Waals surface area contributed by atoms with Crippen LogP contribution in [0.5, 0.6) is 5.75 Å². The maximum Gasteiger partial charge on any atom is 0.141 e. The molecule has 108 valence electrons. The minimum absolute atomic E-state index is 0.276. The fraction of sp³-hybridized carbons (Fsp3) is 0.375. The lowest BCUT2D eigenvalue weighted by Gasteiger charge is -2.18. The molecule has 1 aromatic carbocycles. The molecular weight excluding hydrogens is 268 g/mol. The van der Waals surface area contributed by atoms with E-state index in [0.29, 0.717) is 0 Å². The summed E-state index contributed by atoms with van der Waals surface area (Å²) in [5, 5.41) is 5.65. The van der Waals surface area contributed by atoms with Gasteiger partial charge in [0.05, 0.1) is 18.8 Å². The van der Waals surface area contributed by atoms with Crippen molar-refractivity contribution in [1.29, 1.82) is 0 Å². The van der Waals surface area contributed by atoms with E-state index in [9.17, 15) is 0 Å². The quantitative estimate of drug-likeness (QED) is 0.870. The third-order valence-corrected chi connectivity index (χ3v) is 4.16. The third-order valence-electron chi connectivity index (χ3n) is 3.10. The summed E-state index contributed by atoms with van der Waals surface area (Å²) in [5.74, 6) is 0.885. The van der Waals surface area contributed by atoms with Crippen molar-refractivity contribution in [2.24, 2.45) is 0 Å². The zero-order valence-corrected chi connectivity index (χ0v) is 13.3. The number of hydrogen-bond donors (Lipinski definition) is 1. The first-order valence-corrected chi connectivity index (χ1v) is 7.59. The zero-order valence-electron chi connectivity index (χ0n) is 12.5. The second-order valence-corrected chi connectivity index (χ2v) is 6.13. The Labute approximate surface area is 125 Å². The van der Waals surface area contributed by atoms with E-state index in [1.807, 2.05) is 6.07 Å². The molecule has 0 amide bonds. The summed E-state index contributed by atoms with van der Waals surface area (Å²) in [6.07, 6.45) is 0. The van der Waals surface area contributed by atoms with Gasteiger partial charge in [0.25, 0.3) is 0 Å². The van der Waals surface area contributed by atoms with E-state index in [2.05, 4.69) is 60.9 Å².